The van der Waals surface area contributed by atoms with Crippen molar-refractivity contribution in [1.29, 1.82) is 0 Å². The summed E-state index contributed by atoms with van der Waals surface area (Å²) < 4.78 is 0. The molecule has 0 bridgehead atoms. The lowest BCUT2D eigenvalue weighted by Crippen LogP contribution is -2.56. The number of nitrogens with zero attached hydrogens (tertiary/aromatic N) is 1. The largest absolute Gasteiger partial charge is 0.351 e. The number of likely N-dealkylation sites (tertiary alicyclic amines) is 1. The molecule has 1 saturated carbocycles. The van der Waals surface area contributed by atoms with Gasteiger partial charge in [-0.05, 0) is 54.7 Å². The predicted molar refractivity (Wildman–Crippen MR) is 112 cm³/mol. The van der Waals surface area contributed by atoms with Gasteiger partial charge in [0, 0.05) is 25.6 Å². The molecule has 1 spiro atoms. The maximum Gasteiger partial charge on any atom is 0.231 e. The second-order valence-electron chi connectivity index (χ2n) is 8.88. The lowest BCUT2D eigenvalue weighted by Gasteiger charge is -2.44. The van der Waals surface area contributed by atoms with Crippen LogP contribution in [-0.4, -0.2) is 29.8 Å². The van der Waals surface area contributed by atoms with Crippen molar-refractivity contribution in [2.45, 2.75) is 44.1 Å². The summed E-state index contributed by atoms with van der Waals surface area (Å²) in [5, 5.41) is 3.08. The van der Waals surface area contributed by atoms with E-state index in [0.29, 0.717) is 38.4 Å². The van der Waals surface area contributed by atoms with E-state index < -0.39 is 5.41 Å². The van der Waals surface area contributed by atoms with Crippen LogP contribution < -0.4 is 5.32 Å². The van der Waals surface area contributed by atoms with E-state index in [-0.39, 0.29) is 17.7 Å². The van der Waals surface area contributed by atoms with Crippen molar-refractivity contribution in [2.75, 3.05) is 13.1 Å². The first-order valence-corrected chi connectivity index (χ1v) is 10.9. The van der Waals surface area contributed by atoms with Crippen LogP contribution in [0.25, 0.3) is 0 Å². The summed E-state index contributed by atoms with van der Waals surface area (Å²) in [6.45, 7) is 1.94. The molecule has 1 saturated heterocycles. The van der Waals surface area contributed by atoms with Gasteiger partial charge in [0.1, 0.15) is 0 Å². The lowest BCUT2D eigenvalue weighted by molar-refractivity contribution is -0.141. The number of hydrogen-bond acceptors (Lipinski definition) is 2. The molecule has 150 valence electrons. The summed E-state index contributed by atoms with van der Waals surface area (Å²) in [6.07, 6.45) is 4.58. The van der Waals surface area contributed by atoms with E-state index in [1.807, 2.05) is 35.2 Å². The van der Waals surface area contributed by atoms with E-state index in [1.165, 1.54) is 16.7 Å². The zero-order valence-electron chi connectivity index (χ0n) is 16.8. The minimum Gasteiger partial charge on any atom is -0.351 e. The minimum atomic E-state index is -0.472. The maximum absolute atomic E-state index is 13.4. The van der Waals surface area contributed by atoms with Crippen LogP contribution >= 0.6 is 0 Å². The van der Waals surface area contributed by atoms with Gasteiger partial charge in [0.05, 0.1) is 5.41 Å². The Bertz CT molecular complexity index is 911. The number of hydrogen-bond donors (Lipinski definition) is 1. The van der Waals surface area contributed by atoms with Gasteiger partial charge in [-0.15, -0.1) is 0 Å². The van der Waals surface area contributed by atoms with Crippen LogP contribution in [0, 0.1) is 11.8 Å². The molecule has 1 aliphatic carbocycles. The Balaban J connectivity index is 1.32. The number of amides is 2. The van der Waals surface area contributed by atoms with Crippen molar-refractivity contribution in [1.82, 2.24) is 10.2 Å². The molecule has 2 fully saturated rings. The minimum absolute atomic E-state index is 0.0823. The van der Waals surface area contributed by atoms with Gasteiger partial charge in [-0.25, -0.2) is 0 Å². The Morgan fingerprint density at radius 2 is 1.72 bits per heavy atom. The molecule has 2 heterocycles. The topological polar surface area (TPSA) is 49.4 Å². The molecule has 4 heteroatoms. The zero-order valence-corrected chi connectivity index (χ0v) is 16.8. The summed E-state index contributed by atoms with van der Waals surface area (Å²) in [5.41, 5.74) is 3.15. The SMILES string of the molecule is O=C(C(Cc1ccccc1)C1CC1)N1CCC2(CC1)C(=O)NCc1ccccc12. The van der Waals surface area contributed by atoms with Crippen molar-refractivity contribution in [2.24, 2.45) is 11.8 Å². The van der Waals surface area contributed by atoms with Crippen molar-refractivity contribution in [3.05, 3.63) is 71.3 Å². The summed E-state index contributed by atoms with van der Waals surface area (Å²) in [6, 6.07) is 18.6. The Kier molecular flexibility index (Phi) is 4.65. The average Bonchev–Trinajstić information content (AvgIpc) is 3.61. The van der Waals surface area contributed by atoms with Crippen LogP contribution in [0.5, 0.6) is 0 Å². The summed E-state index contributed by atoms with van der Waals surface area (Å²) in [7, 11) is 0. The second-order valence-corrected chi connectivity index (χ2v) is 8.88. The van der Waals surface area contributed by atoms with Crippen LogP contribution in [0.4, 0.5) is 0 Å². The van der Waals surface area contributed by atoms with Gasteiger partial charge >= 0.3 is 0 Å². The molecule has 4 nitrogen and oxygen atoms in total. The Morgan fingerprint density at radius 3 is 2.45 bits per heavy atom. The molecule has 3 aliphatic rings. The fourth-order valence-corrected chi connectivity index (χ4v) is 5.27. The zero-order chi connectivity index (χ0) is 19.8. The Morgan fingerprint density at radius 1 is 1.03 bits per heavy atom. The number of piperidine rings is 1. The second kappa shape index (κ2) is 7.33. The van der Waals surface area contributed by atoms with Gasteiger partial charge in [-0.3, -0.25) is 9.59 Å². The van der Waals surface area contributed by atoms with Gasteiger partial charge in [0.25, 0.3) is 0 Å². The van der Waals surface area contributed by atoms with E-state index >= 15 is 0 Å². The van der Waals surface area contributed by atoms with Gasteiger partial charge in [-0.1, -0.05) is 54.6 Å². The third-order valence-electron chi connectivity index (χ3n) is 7.14. The fourth-order valence-electron chi connectivity index (χ4n) is 5.27. The molecule has 2 aromatic carbocycles. The summed E-state index contributed by atoms with van der Waals surface area (Å²) in [5.74, 6) is 1.03. The van der Waals surface area contributed by atoms with E-state index in [4.69, 9.17) is 0 Å². The van der Waals surface area contributed by atoms with E-state index in [0.717, 1.165) is 19.3 Å². The summed E-state index contributed by atoms with van der Waals surface area (Å²) >= 11 is 0. The monoisotopic (exact) mass is 388 g/mol. The van der Waals surface area contributed by atoms with E-state index in [1.54, 1.807) is 0 Å². The molecule has 2 aliphatic heterocycles. The highest BCUT2D eigenvalue weighted by atomic mass is 16.2. The number of rotatable bonds is 4. The van der Waals surface area contributed by atoms with Gasteiger partial charge < -0.3 is 10.2 Å². The normalized spacial score (nSPS) is 21.4. The van der Waals surface area contributed by atoms with E-state index in [2.05, 4.69) is 29.6 Å². The number of carbonyl (C=O) groups is 2. The van der Waals surface area contributed by atoms with Crippen molar-refractivity contribution >= 4 is 11.8 Å². The first-order chi connectivity index (χ1) is 14.2. The molecular weight excluding hydrogens is 360 g/mol. The maximum atomic E-state index is 13.4. The van der Waals surface area contributed by atoms with Crippen molar-refractivity contribution < 1.29 is 9.59 Å². The fraction of sp³-hybridized carbons (Fsp3) is 0.440. The quantitative estimate of drug-likeness (QED) is 0.872. The first-order valence-electron chi connectivity index (χ1n) is 10.9. The van der Waals surface area contributed by atoms with Gasteiger partial charge in [0.15, 0.2) is 0 Å². The van der Waals surface area contributed by atoms with Crippen LogP contribution in [0.1, 0.15) is 42.4 Å². The summed E-state index contributed by atoms with van der Waals surface area (Å²) in [4.78, 5) is 28.3. The molecule has 1 N–H and O–H groups in total. The number of carbonyl (C=O) groups excluding carboxylic acids is 2. The number of fused-ring (bicyclic) bond motifs is 2. The standard InChI is InChI=1S/C25H28N2O2/c28-23(21(19-10-11-19)16-18-6-2-1-3-7-18)27-14-12-25(13-15-27)22-9-5-4-8-20(22)17-26-24(25)29/h1-9,19,21H,10-17H2,(H,26,29). The van der Waals surface area contributed by atoms with Crippen molar-refractivity contribution in [3.8, 4) is 0 Å². The highest BCUT2D eigenvalue weighted by molar-refractivity contribution is 5.91. The number of nitrogens with one attached hydrogen (secondary N) is 1. The smallest absolute Gasteiger partial charge is 0.231 e. The van der Waals surface area contributed by atoms with Gasteiger partial charge in [0.2, 0.25) is 11.8 Å². The highest BCUT2D eigenvalue weighted by Gasteiger charge is 2.48. The van der Waals surface area contributed by atoms with Crippen LogP contribution in [0.3, 0.4) is 0 Å². The molecule has 0 radical (unpaired) electrons. The highest BCUT2D eigenvalue weighted by Crippen LogP contribution is 2.43. The van der Waals surface area contributed by atoms with Crippen LogP contribution in [-0.2, 0) is 28.0 Å². The van der Waals surface area contributed by atoms with Crippen LogP contribution in [0.2, 0.25) is 0 Å². The van der Waals surface area contributed by atoms with Crippen molar-refractivity contribution in [3.63, 3.8) is 0 Å². The third kappa shape index (κ3) is 3.35. The first kappa shape index (κ1) is 18.4. The third-order valence-corrected chi connectivity index (χ3v) is 7.14. The molecule has 1 atom stereocenters. The Labute approximate surface area is 172 Å². The predicted octanol–water partition coefficient (Wildman–Crippen LogP) is 3.45. The lowest BCUT2D eigenvalue weighted by atomic mass is 9.68. The molecule has 29 heavy (non-hydrogen) atoms. The van der Waals surface area contributed by atoms with Crippen LogP contribution in [0.15, 0.2) is 54.6 Å². The average molecular weight is 389 g/mol. The molecule has 1 unspecified atom stereocenters. The molecular formula is C25H28N2O2. The molecule has 0 aromatic heterocycles. The molecule has 5 rings (SSSR count). The number of benzene rings is 2. The van der Waals surface area contributed by atoms with Gasteiger partial charge in [-0.2, -0.15) is 0 Å². The Hall–Kier alpha value is -2.62. The van der Waals surface area contributed by atoms with E-state index in [9.17, 15) is 9.59 Å². The molecule has 2 amide bonds. The molecule has 2 aromatic rings.